The Hall–Kier alpha value is -3.49. The summed E-state index contributed by atoms with van der Waals surface area (Å²) in [6.07, 6.45) is 0. The molecule has 6 rings (SSSR count). The van der Waals surface area contributed by atoms with Gasteiger partial charge in [-0.25, -0.2) is 0 Å². The summed E-state index contributed by atoms with van der Waals surface area (Å²) in [6, 6.07) is 17.4. The van der Waals surface area contributed by atoms with E-state index >= 15 is 0 Å². The number of fused-ring (bicyclic) bond motifs is 2. The monoisotopic (exact) mass is 424 g/mol. The van der Waals surface area contributed by atoms with E-state index in [1.807, 2.05) is 36.4 Å². The lowest BCUT2D eigenvalue weighted by molar-refractivity contribution is 0.0845. The number of amides is 2. The maximum Gasteiger partial charge on any atom is 0.258 e. The fraction of sp³-hybridized carbons (Fsp3) is 0. The Morgan fingerprint density at radius 2 is 1.36 bits per heavy atom. The molecule has 0 radical (unpaired) electrons. The minimum absolute atomic E-state index is 0.391. The number of halogens is 1. The summed E-state index contributed by atoms with van der Waals surface area (Å²) in [5.74, 6) is -0.782. The van der Waals surface area contributed by atoms with Crippen molar-refractivity contribution in [1.82, 2.24) is 5.32 Å². The van der Waals surface area contributed by atoms with E-state index in [1.54, 1.807) is 12.1 Å². The highest BCUT2D eigenvalue weighted by atomic mass is 79.9. The highest BCUT2D eigenvalue weighted by Crippen LogP contribution is 2.45. The maximum absolute atomic E-state index is 12.4. The zero-order valence-electron chi connectivity index (χ0n) is 14.3. The van der Waals surface area contributed by atoms with Crippen LogP contribution in [0, 0.1) is 11.3 Å². The first kappa shape index (κ1) is 15.6. The van der Waals surface area contributed by atoms with E-state index in [2.05, 4.69) is 27.3 Å². The standard InChI is InChI=1S/C23H9BrN2O2/c24-16-8-3-10-1-2-11(9-25)17-12-4-6-14-20-15(23(28)26-22(14)27)7-5-13(19(12)20)21(16)18(10)17/h1-8H,(H,26,27,28). The van der Waals surface area contributed by atoms with Crippen LogP contribution < -0.4 is 5.32 Å². The van der Waals surface area contributed by atoms with Gasteiger partial charge >= 0.3 is 0 Å². The normalized spacial score (nSPS) is 13.6. The summed E-state index contributed by atoms with van der Waals surface area (Å²) < 4.78 is 0.911. The molecule has 4 nitrogen and oxygen atoms in total. The molecule has 0 unspecified atom stereocenters. The van der Waals surface area contributed by atoms with Crippen LogP contribution in [-0.4, -0.2) is 11.8 Å². The van der Waals surface area contributed by atoms with Crippen LogP contribution in [0.3, 0.4) is 0 Å². The second-order valence-corrected chi connectivity index (χ2v) is 7.83. The molecule has 5 aromatic rings. The molecule has 1 aliphatic rings. The minimum Gasteiger partial charge on any atom is -0.288 e. The lowest BCUT2D eigenvalue weighted by atomic mass is 9.84. The van der Waals surface area contributed by atoms with E-state index in [1.165, 1.54) is 0 Å². The number of carbonyl (C=O) groups is 2. The van der Waals surface area contributed by atoms with Crippen molar-refractivity contribution in [3.8, 4) is 6.07 Å². The van der Waals surface area contributed by atoms with Gasteiger partial charge in [0.1, 0.15) is 0 Å². The molecule has 0 aliphatic carbocycles. The van der Waals surface area contributed by atoms with Crippen molar-refractivity contribution in [2.24, 2.45) is 0 Å². The highest BCUT2D eigenvalue weighted by Gasteiger charge is 2.28. The van der Waals surface area contributed by atoms with Gasteiger partial charge in [0.2, 0.25) is 0 Å². The molecule has 0 atom stereocenters. The average molecular weight is 425 g/mol. The van der Waals surface area contributed by atoms with Crippen LogP contribution in [0.2, 0.25) is 0 Å². The van der Waals surface area contributed by atoms with Gasteiger partial charge in [-0.2, -0.15) is 5.26 Å². The van der Waals surface area contributed by atoms with Crippen LogP contribution in [0.4, 0.5) is 0 Å². The summed E-state index contributed by atoms with van der Waals surface area (Å²) in [5, 5.41) is 19.4. The van der Waals surface area contributed by atoms with Crippen LogP contribution >= 0.6 is 15.9 Å². The summed E-state index contributed by atoms with van der Waals surface area (Å²) in [5.41, 5.74) is 1.54. The topological polar surface area (TPSA) is 70.0 Å². The first-order valence-electron chi connectivity index (χ1n) is 8.71. The van der Waals surface area contributed by atoms with Crippen LogP contribution in [0.1, 0.15) is 26.3 Å². The predicted octanol–water partition coefficient (Wildman–Crippen LogP) is 5.25. The van der Waals surface area contributed by atoms with E-state index < -0.39 is 11.8 Å². The zero-order valence-corrected chi connectivity index (χ0v) is 15.8. The number of nitriles is 1. The second-order valence-electron chi connectivity index (χ2n) is 6.98. The van der Waals surface area contributed by atoms with Crippen molar-refractivity contribution in [2.45, 2.75) is 0 Å². The number of rotatable bonds is 0. The van der Waals surface area contributed by atoms with Gasteiger partial charge in [0.15, 0.2) is 0 Å². The summed E-state index contributed by atoms with van der Waals surface area (Å²) in [6.45, 7) is 0. The Balaban J connectivity index is 2.07. The summed E-state index contributed by atoms with van der Waals surface area (Å²) in [4.78, 5) is 24.9. The van der Waals surface area contributed by atoms with Crippen LogP contribution in [0.25, 0.3) is 43.1 Å². The molecule has 1 N–H and O–H groups in total. The molecule has 130 valence electrons. The van der Waals surface area contributed by atoms with Gasteiger partial charge in [-0.15, -0.1) is 0 Å². The molecule has 1 heterocycles. The first-order chi connectivity index (χ1) is 13.6. The maximum atomic E-state index is 12.4. The number of nitrogens with zero attached hydrogens (tertiary/aromatic N) is 1. The minimum atomic E-state index is -0.391. The van der Waals surface area contributed by atoms with Gasteiger partial charge in [-0.1, -0.05) is 40.2 Å². The fourth-order valence-electron chi connectivity index (χ4n) is 4.56. The highest BCUT2D eigenvalue weighted by molar-refractivity contribution is 9.10. The van der Waals surface area contributed by atoms with E-state index in [0.29, 0.717) is 22.1 Å². The number of carbonyl (C=O) groups excluding carboxylic acids is 2. The molecular formula is C23H9BrN2O2. The molecular weight excluding hydrogens is 416 g/mol. The first-order valence-corrected chi connectivity index (χ1v) is 9.51. The quantitative estimate of drug-likeness (QED) is 0.209. The van der Waals surface area contributed by atoms with Crippen molar-refractivity contribution >= 4 is 70.8 Å². The van der Waals surface area contributed by atoms with E-state index in [-0.39, 0.29) is 0 Å². The summed E-state index contributed by atoms with van der Waals surface area (Å²) >= 11 is 3.67. The fourth-order valence-corrected chi connectivity index (χ4v) is 5.10. The number of hydrogen-bond acceptors (Lipinski definition) is 3. The second kappa shape index (κ2) is 5.06. The van der Waals surface area contributed by atoms with E-state index in [0.717, 1.165) is 42.2 Å². The van der Waals surface area contributed by atoms with Gasteiger partial charge in [-0.3, -0.25) is 14.9 Å². The molecule has 0 spiro atoms. The Morgan fingerprint density at radius 3 is 2.04 bits per heavy atom. The van der Waals surface area contributed by atoms with Gasteiger partial charge < -0.3 is 0 Å². The number of benzene rings is 5. The van der Waals surface area contributed by atoms with E-state index in [4.69, 9.17) is 0 Å². The third kappa shape index (κ3) is 1.69. The van der Waals surface area contributed by atoms with Crippen molar-refractivity contribution in [3.05, 3.63) is 69.7 Å². The number of imide groups is 1. The predicted molar refractivity (Wildman–Crippen MR) is 112 cm³/mol. The van der Waals surface area contributed by atoms with Crippen LogP contribution in [0.15, 0.2) is 53.0 Å². The van der Waals surface area contributed by atoms with E-state index in [9.17, 15) is 14.9 Å². The third-order valence-electron chi connectivity index (χ3n) is 5.67. The average Bonchev–Trinajstić information content (AvgIpc) is 2.71. The van der Waals surface area contributed by atoms with Gasteiger partial charge in [-0.05, 0) is 51.2 Å². The van der Waals surface area contributed by atoms with Gasteiger partial charge in [0, 0.05) is 31.8 Å². The summed E-state index contributed by atoms with van der Waals surface area (Å²) in [7, 11) is 0. The molecule has 28 heavy (non-hydrogen) atoms. The molecule has 5 heteroatoms. The lowest BCUT2D eigenvalue weighted by Crippen LogP contribution is -2.34. The molecule has 1 aliphatic heterocycles. The lowest BCUT2D eigenvalue weighted by Gasteiger charge is -2.21. The van der Waals surface area contributed by atoms with Gasteiger partial charge in [0.25, 0.3) is 11.8 Å². The zero-order chi connectivity index (χ0) is 19.2. The molecule has 0 bridgehead atoms. The molecule has 5 aromatic carbocycles. The van der Waals surface area contributed by atoms with Crippen molar-refractivity contribution in [3.63, 3.8) is 0 Å². The van der Waals surface area contributed by atoms with Crippen LogP contribution in [0.5, 0.6) is 0 Å². The van der Waals surface area contributed by atoms with Crippen molar-refractivity contribution < 1.29 is 9.59 Å². The molecule has 0 aromatic heterocycles. The van der Waals surface area contributed by atoms with Crippen molar-refractivity contribution in [2.75, 3.05) is 0 Å². The largest absolute Gasteiger partial charge is 0.288 e. The van der Waals surface area contributed by atoms with Crippen LogP contribution in [-0.2, 0) is 0 Å². The van der Waals surface area contributed by atoms with Gasteiger partial charge in [0.05, 0.1) is 11.6 Å². The number of hydrogen-bond donors (Lipinski definition) is 1. The Morgan fingerprint density at radius 1 is 0.714 bits per heavy atom. The number of nitrogens with one attached hydrogen (secondary N) is 1. The molecule has 0 saturated carbocycles. The molecule has 2 amide bonds. The molecule has 0 saturated heterocycles. The Bertz CT molecular complexity index is 1570. The SMILES string of the molecule is N#Cc1ccc2ccc(Br)c3c4ccc5c6c(ccc(c1c23)c64)C(=O)NC5=O. The van der Waals surface area contributed by atoms with Crippen molar-refractivity contribution in [1.29, 1.82) is 5.26 Å². The third-order valence-corrected chi connectivity index (χ3v) is 6.33. The smallest absolute Gasteiger partial charge is 0.258 e. The Labute approximate surface area is 166 Å². The Kier molecular flexibility index (Phi) is 2.81. The molecule has 0 fully saturated rings.